The highest BCUT2D eigenvalue weighted by atomic mass is 35.5. The Hall–Kier alpha value is -3.69. The van der Waals surface area contributed by atoms with Crippen molar-refractivity contribution >= 4 is 35.0 Å². The van der Waals surface area contributed by atoms with Gasteiger partial charge in [0, 0.05) is 10.7 Å². The molecule has 0 aliphatic heterocycles. The molecule has 4 rings (SSSR count). The fourth-order valence-corrected chi connectivity index (χ4v) is 4.44. The molecule has 0 saturated heterocycles. The van der Waals surface area contributed by atoms with Crippen LogP contribution in [-0.2, 0) is 4.79 Å². The second kappa shape index (κ2) is 11.8. The standard InChI is InChI=1S/C26H25ClN4O4S/c1-17(35-23-12-8-7-11-22(23)34-3)25-29-30-26(31(25)19-9-5-4-6-10-19)36-16-24(32)28-20-15-18(27)13-14-21(20)33-2/h4-15,17H,16H2,1-3H3,(H,28,32). The van der Waals surface area contributed by atoms with Gasteiger partial charge in [0.15, 0.2) is 28.6 Å². The van der Waals surface area contributed by atoms with E-state index in [0.29, 0.717) is 38.9 Å². The Labute approximate surface area is 218 Å². The van der Waals surface area contributed by atoms with Gasteiger partial charge >= 0.3 is 0 Å². The number of halogens is 1. The average Bonchev–Trinajstić information content (AvgIpc) is 3.33. The number of carbonyl (C=O) groups is 1. The van der Waals surface area contributed by atoms with Crippen LogP contribution in [0.2, 0.25) is 5.02 Å². The molecule has 8 nitrogen and oxygen atoms in total. The summed E-state index contributed by atoms with van der Waals surface area (Å²) in [5.41, 5.74) is 1.35. The van der Waals surface area contributed by atoms with Gasteiger partial charge in [0.1, 0.15) is 5.75 Å². The summed E-state index contributed by atoms with van der Waals surface area (Å²) >= 11 is 7.34. The van der Waals surface area contributed by atoms with Crippen LogP contribution in [0, 0.1) is 0 Å². The van der Waals surface area contributed by atoms with Crippen LogP contribution in [0.1, 0.15) is 18.9 Å². The first-order valence-electron chi connectivity index (χ1n) is 11.1. The second-order valence-corrected chi connectivity index (χ2v) is 8.98. The third-order valence-electron chi connectivity index (χ3n) is 5.18. The zero-order valence-corrected chi connectivity index (χ0v) is 21.5. The highest BCUT2D eigenvalue weighted by Crippen LogP contribution is 2.33. The number of nitrogens with zero attached hydrogens (tertiary/aromatic N) is 3. The number of thioether (sulfide) groups is 1. The van der Waals surface area contributed by atoms with Gasteiger partial charge in [-0.2, -0.15) is 0 Å². The summed E-state index contributed by atoms with van der Waals surface area (Å²) in [6, 6.07) is 22.1. The SMILES string of the molecule is COc1ccc(Cl)cc1NC(=O)CSc1nnc(C(C)Oc2ccccc2OC)n1-c1ccccc1. The molecule has 0 bridgehead atoms. The number of methoxy groups -OCH3 is 2. The van der Waals surface area contributed by atoms with Crippen molar-refractivity contribution < 1.29 is 19.0 Å². The van der Waals surface area contributed by atoms with Crippen molar-refractivity contribution in [2.75, 3.05) is 25.3 Å². The molecular weight excluding hydrogens is 500 g/mol. The number of benzene rings is 3. The molecular formula is C26H25ClN4O4S. The number of hydrogen-bond acceptors (Lipinski definition) is 7. The maximum atomic E-state index is 12.7. The van der Waals surface area contributed by atoms with Crippen LogP contribution in [0.5, 0.6) is 17.2 Å². The molecule has 0 aliphatic rings. The van der Waals surface area contributed by atoms with Gasteiger partial charge in [-0.15, -0.1) is 10.2 Å². The van der Waals surface area contributed by atoms with E-state index in [1.54, 1.807) is 25.3 Å². The van der Waals surface area contributed by atoms with Crippen LogP contribution in [0.25, 0.3) is 5.69 Å². The minimum Gasteiger partial charge on any atom is -0.495 e. The van der Waals surface area contributed by atoms with Gasteiger partial charge < -0.3 is 19.5 Å². The van der Waals surface area contributed by atoms with Gasteiger partial charge in [0.2, 0.25) is 5.91 Å². The number of carbonyl (C=O) groups excluding carboxylic acids is 1. The van der Waals surface area contributed by atoms with E-state index >= 15 is 0 Å². The molecule has 0 radical (unpaired) electrons. The summed E-state index contributed by atoms with van der Waals surface area (Å²) in [7, 11) is 3.13. The average molecular weight is 525 g/mol. The molecule has 0 fully saturated rings. The first-order chi connectivity index (χ1) is 17.5. The lowest BCUT2D eigenvalue weighted by Gasteiger charge is -2.18. The maximum absolute atomic E-state index is 12.7. The van der Waals surface area contributed by atoms with E-state index in [9.17, 15) is 4.79 Å². The third kappa shape index (κ3) is 5.92. The Morgan fingerprint density at radius 1 is 0.972 bits per heavy atom. The lowest BCUT2D eigenvalue weighted by atomic mass is 10.3. The Morgan fingerprint density at radius 3 is 2.39 bits per heavy atom. The molecule has 1 N–H and O–H groups in total. The molecule has 1 atom stereocenters. The Kier molecular flexibility index (Phi) is 8.35. The normalized spacial score (nSPS) is 11.6. The van der Waals surface area contributed by atoms with Crippen molar-refractivity contribution in [3.8, 4) is 22.9 Å². The van der Waals surface area contributed by atoms with E-state index in [0.717, 1.165) is 5.69 Å². The van der Waals surface area contributed by atoms with Crippen LogP contribution in [0.4, 0.5) is 5.69 Å². The van der Waals surface area contributed by atoms with Gasteiger partial charge in [0.05, 0.1) is 25.7 Å². The first kappa shape index (κ1) is 25.4. The van der Waals surface area contributed by atoms with Gasteiger partial charge in [0.25, 0.3) is 0 Å². The summed E-state index contributed by atoms with van der Waals surface area (Å²) in [6.45, 7) is 1.89. The second-order valence-electron chi connectivity index (χ2n) is 7.60. The van der Waals surface area contributed by atoms with Gasteiger partial charge in [-0.3, -0.25) is 9.36 Å². The molecule has 1 heterocycles. The molecule has 10 heteroatoms. The smallest absolute Gasteiger partial charge is 0.234 e. The summed E-state index contributed by atoms with van der Waals surface area (Å²) < 4.78 is 18.8. The highest BCUT2D eigenvalue weighted by molar-refractivity contribution is 7.99. The molecule has 1 amide bonds. The van der Waals surface area contributed by atoms with Gasteiger partial charge in [-0.25, -0.2) is 0 Å². The van der Waals surface area contributed by atoms with E-state index in [1.165, 1.54) is 18.9 Å². The number of hydrogen-bond donors (Lipinski definition) is 1. The van der Waals surface area contributed by atoms with Gasteiger partial charge in [-0.1, -0.05) is 53.7 Å². The van der Waals surface area contributed by atoms with Crippen LogP contribution >= 0.6 is 23.4 Å². The van der Waals surface area contributed by atoms with Crippen molar-refractivity contribution in [1.82, 2.24) is 14.8 Å². The Morgan fingerprint density at radius 2 is 1.67 bits per heavy atom. The summed E-state index contributed by atoms with van der Waals surface area (Å²) in [4.78, 5) is 12.7. The number of nitrogens with one attached hydrogen (secondary N) is 1. The van der Waals surface area contributed by atoms with Crippen LogP contribution in [0.15, 0.2) is 78.0 Å². The minimum absolute atomic E-state index is 0.0996. The van der Waals surface area contributed by atoms with Gasteiger partial charge in [-0.05, 0) is 49.4 Å². The molecule has 1 aromatic heterocycles. The number of aromatic nitrogens is 3. The van der Waals surface area contributed by atoms with Crippen molar-refractivity contribution in [2.45, 2.75) is 18.2 Å². The van der Waals surface area contributed by atoms with Crippen LogP contribution < -0.4 is 19.5 Å². The lowest BCUT2D eigenvalue weighted by molar-refractivity contribution is -0.113. The summed E-state index contributed by atoms with van der Waals surface area (Å²) in [6.07, 6.45) is -0.451. The quantitative estimate of drug-likeness (QED) is 0.262. The number of para-hydroxylation sites is 3. The minimum atomic E-state index is -0.451. The van der Waals surface area contributed by atoms with Crippen molar-refractivity contribution in [1.29, 1.82) is 0 Å². The van der Waals surface area contributed by atoms with E-state index in [4.69, 9.17) is 25.8 Å². The summed E-state index contributed by atoms with van der Waals surface area (Å²) in [5.74, 6) is 2.20. The fourth-order valence-electron chi connectivity index (χ4n) is 3.51. The molecule has 0 saturated carbocycles. The largest absolute Gasteiger partial charge is 0.495 e. The Balaban J connectivity index is 1.56. The number of anilines is 1. The molecule has 4 aromatic rings. The fraction of sp³-hybridized carbons (Fsp3) is 0.192. The zero-order chi connectivity index (χ0) is 25.5. The van der Waals surface area contributed by atoms with E-state index < -0.39 is 6.10 Å². The monoisotopic (exact) mass is 524 g/mol. The lowest BCUT2D eigenvalue weighted by Crippen LogP contribution is -2.16. The number of rotatable bonds is 10. The van der Waals surface area contributed by atoms with E-state index in [-0.39, 0.29) is 11.7 Å². The maximum Gasteiger partial charge on any atom is 0.234 e. The van der Waals surface area contributed by atoms with Crippen molar-refractivity contribution in [3.63, 3.8) is 0 Å². The van der Waals surface area contributed by atoms with E-state index in [2.05, 4.69) is 15.5 Å². The van der Waals surface area contributed by atoms with Crippen LogP contribution in [0.3, 0.4) is 0 Å². The predicted molar refractivity (Wildman–Crippen MR) is 141 cm³/mol. The third-order valence-corrected chi connectivity index (χ3v) is 6.34. The van der Waals surface area contributed by atoms with Crippen molar-refractivity contribution in [2.24, 2.45) is 0 Å². The highest BCUT2D eigenvalue weighted by Gasteiger charge is 2.22. The van der Waals surface area contributed by atoms with E-state index in [1.807, 2.05) is 66.1 Å². The molecule has 36 heavy (non-hydrogen) atoms. The Bertz CT molecular complexity index is 1330. The molecule has 3 aromatic carbocycles. The van der Waals surface area contributed by atoms with Crippen molar-refractivity contribution in [3.05, 3.63) is 83.6 Å². The molecule has 0 spiro atoms. The molecule has 1 unspecified atom stereocenters. The molecule has 186 valence electrons. The number of amides is 1. The predicted octanol–water partition coefficient (Wildman–Crippen LogP) is 5.81. The first-order valence-corrected chi connectivity index (χ1v) is 12.4. The topological polar surface area (TPSA) is 87.5 Å². The van der Waals surface area contributed by atoms with Crippen LogP contribution in [-0.4, -0.2) is 40.6 Å². The molecule has 0 aliphatic carbocycles. The number of ether oxygens (including phenoxy) is 3. The summed E-state index contributed by atoms with van der Waals surface area (Å²) in [5, 5.41) is 12.7. The zero-order valence-electron chi connectivity index (χ0n) is 20.0.